The highest BCUT2D eigenvalue weighted by Crippen LogP contribution is 2.22. The minimum atomic E-state index is -0.961. The van der Waals surface area contributed by atoms with Gasteiger partial charge < -0.3 is 14.6 Å². The highest BCUT2D eigenvalue weighted by molar-refractivity contribution is 5.98. The quantitative estimate of drug-likeness (QED) is 0.868. The minimum Gasteiger partial charge on any atom is -0.480 e. The average Bonchev–Trinajstić information content (AvgIpc) is 3.12. The van der Waals surface area contributed by atoms with Crippen LogP contribution in [0.3, 0.4) is 0 Å². The van der Waals surface area contributed by atoms with Crippen molar-refractivity contribution in [2.75, 3.05) is 6.54 Å². The lowest BCUT2D eigenvalue weighted by atomic mass is 10.2. The van der Waals surface area contributed by atoms with Crippen LogP contribution in [0.2, 0.25) is 0 Å². The van der Waals surface area contributed by atoms with E-state index >= 15 is 0 Å². The van der Waals surface area contributed by atoms with E-state index in [9.17, 15) is 14.4 Å². The van der Waals surface area contributed by atoms with Crippen LogP contribution in [0.5, 0.6) is 0 Å². The van der Waals surface area contributed by atoms with Crippen LogP contribution in [0.4, 0.5) is 0 Å². The molecule has 0 unspecified atom stereocenters. The molecule has 0 spiro atoms. The molecule has 22 heavy (non-hydrogen) atoms. The van der Waals surface area contributed by atoms with Crippen LogP contribution in [0, 0.1) is 0 Å². The number of carbonyl (C=O) groups excluding carboxylic acids is 2. The third-order valence-electron chi connectivity index (χ3n) is 4.11. The number of nitrogens with zero attached hydrogens (tertiary/aromatic N) is 2. The fourth-order valence-electron chi connectivity index (χ4n) is 3.06. The predicted octanol–water partition coefficient (Wildman–Crippen LogP) is 1.53. The van der Waals surface area contributed by atoms with E-state index in [0.29, 0.717) is 24.9 Å². The zero-order valence-electron chi connectivity index (χ0n) is 11.9. The molecule has 114 valence electrons. The van der Waals surface area contributed by atoms with Crippen molar-refractivity contribution >= 4 is 29.1 Å². The number of carbonyl (C=O) groups is 3. The largest absolute Gasteiger partial charge is 0.480 e. The number of aromatic nitrogens is 1. The van der Waals surface area contributed by atoms with Crippen molar-refractivity contribution < 1.29 is 19.5 Å². The molecule has 0 aliphatic carbocycles. The Balaban J connectivity index is 1.88. The van der Waals surface area contributed by atoms with E-state index in [1.165, 1.54) is 4.90 Å². The number of hydrogen-bond donors (Lipinski definition) is 1. The minimum absolute atomic E-state index is 0.0398. The van der Waals surface area contributed by atoms with Gasteiger partial charge in [-0.15, -0.1) is 0 Å². The van der Waals surface area contributed by atoms with Crippen molar-refractivity contribution in [2.45, 2.75) is 25.4 Å². The third-order valence-corrected chi connectivity index (χ3v) is 4.11. The topological polar surface area (TPSA) is 79.6 Å². The summed E-state index contributed by atoms with van der Waals surface area (Å²) in [7, 11) is 0. The van der Waals surface area contributed by atoms with Crippen molar-refractivity contribution in [1.82, 2.24) is 9.47 Å². The van der Waals surface area contributed by atoms with E-state index in [4.69, 9.17) is 5.11 Å². The highest BCUT2D eigenvalue weighted by atomic mass is 16.4. The molecule has 0 bridgehead atoms. The number of benzene rings is 1. The molecule has 2 heterocycles. The molecule has 1 aromatic carbocycles. The van der Waals surface area contributed by atoms with Crippen molar-refractivity contribution in [3.8, 4) is 0 Å². The van der Waals surface area contributed by atoms with E-state index in [-0.39, 0.29) is 12.5 Å². The van der Waals surface area contributed by atoms with Crippen molar-refractivity contribution in [3.63, 3.8) is 0 Å². The number of amides is 1. The monoisotopic (exact) mass is 300 g/mol. The van der Waals surface area contributed by atoms with Gasteiger partial charge in [-0.1, -0.05) is 18.2 Å². The van der Waals surface area contributed by atoms with Gasteiger partial charge in [0.25, 0.3) is 0 Å². The lowest BCUT2D eigenvalue weighted by molar-refractivity contribution is -0.148. The predicted molar refractivity (Wildman–Crippen MR) is 79.7 cm³/mol. The van der Waals surface area contributed by atoms with E-state index in [0.717, 1.165) is 17.2 Å². The van der Waals surface area contributed by atoms with Crippen LogP contribution in [0.15, 0.2) is 30.5 Å². The molecule has 1 N–H and O–H groups in total. The lowest BCUT2D eigenvalue weighted by Crippen LogP contribution is -2.41. The van der Waals surface area contributed by atoms with Gasteiger partial charge in [-0.05, 0) is 18.9 Å². The van der Waals surface area contributed by atoms with Crippen LogP contribution >= 0.6 is 0 Å². The molecule has 1 aliphatic rings. The number of para-hydroxylation sites is 1. The second kappa shape index (κ2) is 5.63. The van der Waals surface area contributed by atoms with Gasteiger partial charge in [-0.25, -0.2) is 4.79 Å². The van der Waals surface area contributed by atoms with E-state index in [1.807, 2.05) is 24.3 Å². The van der Waals surface area contributed by atoms with E-state index in [2.05, 4.69) is 0 Å². The third kappa shape index (κ3) is 2.36. The van der Waals surface area contributed by atoms with E-state index < -0.39 is 12.0 Å². The molecule has 1 atom stereocenters. The van der Waals surface area contributed by atoms with E-state index in [1.54, 1.807) is 10.8 Å². The summed E-state index contributed by atoms with van der Waals surface area (Å²) < 4.78 is 1.71. The number of likely N-dealkylation sites (tertiary alicyclic amines) is 1. The van der Waals surface area contributed by atoms with Crippen LogP contribution in [0.1, 0.15) is 23.2 Å². The van der Waals surface area contributed by atoms with Gasteiger partial charge in [0.1, 0.15) is 12.6 Å². The van der Waals surface area contributed by atoms with Gasteiger partial charge in [0.2, 0.25) is 5.91 Å². The summed E-state index contributed by atoms with van der Waals surface area (Å²) in [5, 5.41) is 9.96. The normalized spacial score (nSPS) is 17.8. The molecule has 1 saturated heterocycles. The molecule has 1 amide bonds. The average molecular weight is 300 g/mol. The maximum absolute atomic E-state index is 12.4. The van der Waals surface area contributed by atoms with Gasteiger partial charge in [0.15, 0.2) is 6.29 Å². The Labute approximate surface area is 126 Å². The van der Waals surface area contributed by atoms with Crippen LogP contribution in [-0.4, -0.2) is 45.3 Å². The smallest absolute Gasteiger partial charge is 0.326 e. The summed E-state index contributed by atoms with van der Waals surface area (Å²) in [6.07, 6.45) is 3.60. The van der Waals surface area contributed by atoms with Gasteiger partial charge in [-0.2, -0.15) is 0 Å². The maximum atomic E-state index is 12.4. The molecule has 2 aromatic rings. The highest BCUT2D eigenvalue weighted by Gasteiger charge is 2.33. The second-order valence-electron chi connectivity index (χ2n) is 5.43. The maximum Gasteiger partial charge on any atom is 0.326 e. The van der Waals surface area contributed by atoms with Crippen molar-refractivity contribution in [1.29, 1.82) is 0 Å². The first-order valence-corrected chi connectivity index (χ1v) is 7.17. The number of aldehydes is 1. The van der Waals surface area contributed by atoms with Crippen molar-refractivity contribution in [3.05, 3.63) is 36.0 Å². The molecule has 6 nitrogen and oxygen atoms in total. The standard InChI is InChI=1S/C16H16N2O4/c19-10-11-8-17(13-5-2-1-4-12(11)13)9-15(20)18-7-3-6-14(18)16(21)22/h1-2,4-5,8,10,14H,3,6-7,9H2,(H,21,22)/t14-/m0/s1. The molecule has 1 aliphatic heterocycles. The van der Waals surface area contributed by atoms with Crippen molar-refractivity contribution in [2.24, 2.45) is 0 Å². The zero-order chi connectivity index (χ0) is 15.7. The summed E-state index contributed by atoms with van der Waals surface area (Å²) in [6, 6.07) is 6.61. The first kappa shape index (κ1) is 14.3. The number of aliphatic carboxylic acids is 1. The second-order valence-corrected chi connectivity index (χ2v) is 5.43. The molecule has 6 heteroatoms. The van der Waals surface area contributed by atoms with Gasteiger partial charge in [0, 0.05) is 29.2 Å². The van der Waals surface area contributed by atoms with Crippen LogP contribution in [0.25, 0.3) is 10.9 Å². The number of carboxylic acids is 1. The molecular formula is C16H16N2O4. The first-order chi connectivity index (χ1) is 10.6. The molecule has 3 rings (SSSR count). The summed E-state index contributed by atoms with van der Waals surface area (Å²) in [5.74, 6) is -1.19. The lowest BCUT2D eigenvalue weighted by Gasteiger charge is -2.21. The van der Waals surface area contributed by atoms with Crippen LogP contribution in [-0.2, 0) is 16.1 Å². The Morgan fingerprint density at radius 3 is 2.82 bits per heavy atom. The summed E-state index contributed by atoms with van der Waals surface area (Å²) in [4.78, 5) is 36.2. The van der Waals surface area contributed by atoms with Gasteiger partial charge in [0.05, 0.1) is 0 Å². The Kier molecular flexibility index (Phi) is 3.66. The van der Waals surface area contributed by atoms with Gasteiger partial charge >= 0.3 is 5.97 Å². The first-order valence-electron chi connectivity index (χ1n) is 7.17. The summed E-state index contributed by atoms with van der Waals surface area (Å²) in [5.41, 5.74) is 1.32. The van der Waals surface area contributed by atoms with Gasteiger partial charge in [-0.3, -0.25) is 9.59 Å². The summed E-state index contributed by atoms with van der Waals surface area (Å²) >= 11 is 0. The Hall–Kier alpha value is -2.63. The molecule has 0 saturated carbocycles. The Morgan fingerprint density at radius 1 is 1.32 bits per heavy atom. The Bertz CT molecular complexity index is 750. The Morgan fingerprint density at radius 2 is 2.09 bits per heavy atom. The molecule has 1 aromatic heterocycles. The zero-order valence-corrected chi connectivity index (χ0v) is 11.9. The summed E-state index contributed by atoms with van der Waals surface area (Å²) in [6.45, 7) is 0.508. The number of fused-ring (bicyclic) bond motifs is 1. The number of rotatable bonds is 4. The SMILES string of the molecule is O=Cc1cn(CC(=O)N2CCC[C@H]2C(=O)O)c2ccccc12. The number of carboxylic acid groups (broad SMARTS) is 1. The fourth-order valence-corrected chi connectivity index (χ4v) is 3.06. The number of hydrogen-bond acceptors (Lipinski definition) is 3. The molecule has 1 fully saturated rings. The fraction of sp³-hybridized carbons (Fsp3) is 0.312. The molecule has 0 radical (unpaired) electrons. The molecular weight excluding hydrogens is 284 g/mol. The van der Waals surface area contributed by atoms with Crippen LogP contribution < -0.4 is 0 Å².